The van der Waals surface area contributed by atoms with E-state index in [4.69, 9.17) is 4.74 Å². The number of hydrogen-bond donors (Lipinski definition) is 1. The quantitative estimate of drug-likeness (QED) is 0.348. The lowest BCUT2D eigenvalue weighted by atomic mass is 9.78. The Morgan fingerprint density at radius 1 is 1.00 bits per heavy atom. The number of phenolic OH excluding ortho intramolecular Hbond substituents is 1. The third kappa shape index (κ3) is 5.93. The molecule has 0 aliphatic carbocycles. The van der Waals surface area contributed by atoms with Gasteiger partial charge in [-0.1, -0.05) is 55.4 Å². The molecule has 0 unspecified atom stereocenters. The highest BCUT2D eigenvalue weighted by atomic mass is 79.9. The van der Waals surface area contributed by atoms with Gasteiger partial charge in [-0.25, -0.2) is 8.78 Å². The van der Waals surface area contributed by atoms with Gasteiger partial charge in [0.2, 0.25) is 5.62 Å². The number of benzene rings is 1. The summed E-state index contributed by atoms with van der Waals surface area (Å²) in [5, 5.41) is 11.0. The molecule has 2 rings (SSSR count). The van der Waals surface area contributed by atoms with Crippen molar-refractivity contribution >= 4 is 21.9 Å². The van der Waals surface area contributed by atoms with Crippen molar-refractivity contribution in [2.75, 3.05) is 7.11 Å². The minimum Gasteiger partial charge on any atom is -0.507 e. The molecule has 0 atom stereocenters. The highest BCUT2D eigenvalue weighted by molar-refractivity contribution is 9.08. The maximum atomic E-state index is 15.3. The first-order valence-corrected chi connectivity index (χ1v) is 12.9. The van der Waals surface area contributed by atoms with Gasteiger partial charge in [-0.15, -0.1) is 0 Å². The number of rotatable bonds is 9. The van der Waals surface area contributed by atoms with Gasteiger partial charge in [0.25, 0.3) is 5.92 Å². The number of halogens is 3. The summed E-state index contributed by atoms with van der Waals surface area (Å²) in [7, 11) is 1.31. The zero-order chi connectivity index (χ0) is 27.7. The molecule has 36 heavy (non-hydrogen) atoms. The summed E-state index contributed by atoms with van der Waals surface area (Å²) in [5.74, 6) is -3.19. The Bertz CT molecular complexity index is 1110. The second-order valence-electron chi connectivity index (χ2n) is 11.4. The van der Waals surface area contributed by atoms with Gasteiger partial charge in [0.1, 0.15) is 11.4 Å². The molecule has 1 aromatic heterocycles. The van der Waals surface area contributed by atoms with Crippen LogP contribution in [0.4, 0.5) is 8.78 Å². The van der Waals surface area contributed by atoms with Crippen LogP contribution in [0.25, 0.3) is 0 Å². The van der Waals surface area contributed by atoms with Gasteiger partial charge in [0.05, 0.1) is 29.2 Å². The number of carbonyl (C=O) groups is 1. The molecule has 202 valence electrons. The SMILES string of the molecule is CCC(CC)(OC)C(F)(F)Cn1ccn(CC(=O)c2cc(C(C)(C)C)c(O)c(C(C)(C)C)c2)/c1=N\Br. The molecular formula is C27H40BrF2N3O3. The van der Waals surface area contributed by atoms with Crippen LogP contribution >= 0.6 is 16.1 Å². The fourth-order valence-corrected chi connectivity index (χ4v) is 4.96. The molecule has 0 aliphatic heterocycles. The Labute approximate surface area is 221 Å². The molecule has 0 fully saturated rings. The number of alkyl halides is 2. The van der Waals surface area contributed by atoms with Gasteiger partial charge in [-0.3, -0.25) is 4.79 Å². The molecule has 0 aliphatic rings. The van der Waals surface area contributed by atoms with E-state index in [1.807, 2.05) is 41.5 Å². The molecular weight excluding hydrogens is 532 g/mol. The minimum absolute atomic E-state index is 0.0993. The summed E-state index contributed by atoms with van der Waals surface area (Å²) in [5.41, 5.74) is -0.367. The minimum atomic E-state index is -3.17. The Balaban J connectivity index is 2.49. The first-order valence-electron chi connectivity index (χ1n) is 12.2. The van der Waals surface area contributed by atoms with Gasteiger partial charge < -0.3 is 19.0 Å². The average Bonchev–Trinajstić information content (AvgIpc) is 3.13. The fraction of sp³-hybridized carbons (Fsp3) is 0.630. The molecule has 1 N–H and O–H groups in total. The van der Waals surface area contributed by atoms with E-state index in [1.165, 1.54) is 22.4 Å². The van der Waals surface area contributed by atoms with Gasteiger partial charge in [-0.2, -0.15) is 4.02 Å². The number of methoxy groups -OCH3 is 1. The second kappa shape index (κ2) is 10.8. The van der Waals surface area contributed by atoms with Crippen LogP contribution in [0.1, 0.15) is 89.7 Å². The third-order valence-electron chi connectivity index (χ3n) is 6.95. The summed E-state index contributed by atoms with van der Waals surface area (Å²) in [6.07, 6.45) is 3.36. The summed E-state index contributed by atoms with van der Waals surface area (Å²) in [6, 6.07) is 3.44. The third-order valence-corrected chi connectivity index (χ3v) is 7.26. The molecule has 0 radical (unpaired) electrons. The van der Waals surface area contributed by atoms with Gasteiger partial charge in [0, 0.05) is 36.2 Å². The second-order valence-corrected chi connectivity index (χ2v) is 11.7. The van der Waals surface area contributed by atoms with E-state index in [9.17, 15) is 9.90 Å². The number of carbonyl (C=O) groups excluding carboxylic acids is 1. The Kier molecular flexibility index (Phi) is 9.05. The number of aromatic nitrogens is 2. The molecule has 9 heteroatoms. The average molecular weight is 573 g/mol. The van der Waals surface area contributed by atoms with E-state index >= 15 is 8.78 Å². The number of ketones is 1. The summed E-state index contributed by atoms with van der Waals surface area (Å²) < 4.78 is 42.8. The first-order chi connectivity index (χ1) is 16.5. The van der Waals surface area contributed by atoms with Crippen molar-refractivity contribution in [3.8, 4) is 5.75 Å². The standard InChI is InChI=1S/C27H40BrF2N3O3/c1-10-26(11-2,36-9)27(29,30)17-33-13-12-32(23(33)31-28)16-21(34)18-14-19(24(3,4)5)22(35)20(15-18)25(6,7)8/h12-15,35H,10-11,16-17H2,1-9H3/b31-23+. The van der Waals surface area contributed by atoms with E-state index in [0.29, 0.717) is 16.7 Å². The lowest BCUT2D eigenvalue weighted by molar-refractivity contribution is -0.207. The molecule has 1 aromatic carbocycles. The van der Waals surface area contributed by atoms with Crippen LogP contribution in [0.2, 0.25) is 0 Å². The monoisotopic (exact) mass is 571 g/mol. The Hall–Kier alpha value is -2.00. The number of Topliss-reactive ketones (excluding diaryl/α,β-unsaturated/α-hetero) is 1. The van der Waals surface area contributed by atoms with Crippen LogP contribution in [-0.4, -0.2) is 38.7 Å². The molecule has 2 aromatic rings. The normalized spacial score (nSPS) is 13.9. The predicted molar refractivity (Wildman–Crippen MR) is 142 cm³/mol. The van der Waals surface area contributed by atoms with Crippen LogP contribution in [0, 0.1) is 0 Å². The number of hydrogen-bond acceptors (Lipinski definition) is 4. The van der Waals surface area contributed by atoms with Gasteiger partial charge in [0.15, 0.2) is 5.78 Å². The van der Waals surface area contributed by atoms with Crippen LogP contribution in [-0.2, 0) is 28.7 Å². The van der Waals surface area contributed by atoms with E-state index in [1.54, 1.807) is 32.2 Å². The fourth-order valence-electron chi connectivity index (χ4n) is 4.55. The van der Waals surface area contributed by atoms with Crippen molar-refractivity contribution in [3.05, 3.63) is 46.8 Å². The lowest BCUT2D eigenvalue weighted by Gasteiger charge is -2.38. The number of aromatic hydroxyl groups is 1. The molecule has 0 bridgehead atoms. The van der Waals surface area contributed by atoms with Crippen molar-refractivity contribution in [2.24, 2.45) is 4.02 Å². The first kappa shape index (κ1) is 30.2. The van der Waals surface area contributed by atoms with Crippen LogP contribution in [0.5, 0.6) is 5.75 Å². The highest BCUT2D eigenvalue weighted by Gasteiger charge is 2.52. The largest absolute Gasteiger partial charge is 0.507 e. The maximum Gasteiger partial charge on any atom is 0.293 e. The number of ether oxygens (including phenoxy) is 1. The summed E-state index contributed by atoms with van der Waals surface area (Å²) >= 11 is 3.04. The highest BCUT2D eigenvalue weighted by Crippen LogP contribution is 2.40. The molecule has 0 saturated carbocycles. The Morgan fingerprint density at radius 2 is 1.47 bits per heavy atom. The van der Waals surface area contributed by atoms with E-state index < -0.39 is 18.1 Å². The lowest BCUT2D eigenvalue weighted by Crippen LogP contribution is -2.52. The number of imidazole rings is 1. The molecule has 0 amide bonds. The molecule has 1 heterocycles. The van der Waals surface area contributed by atoms with Crippen LogP contribution in [0.3, 0.4) is 0 Å². The molecule has 0 saturated heterocycles. The van der Waals surface area contributed by atoms with Crippen molar-refractivity contribution in [2.45, 2.75) is 104 Å². The van der Waals surface area contributed by atoms with Crippen LogP contribution < -0.4 is 5.62 Å². The predicted octanol–water partition coefficient (Wildman–Crippen LogP) is 6.52. The van der Waals surface area contributed by atoms with Crippen molar-refractivity contribution in [3.63, 3.8) is 0 Å². The molecule has 6 nitrogen and oxygen atoms in total. The number of nitrogens with zero attached hydrogens (tertiary/aromatic N) is 3. The van der Waals surface area contributed by atoms with Crippen molar-refractivity contribution < 1.29 is 23.4 Å². The summed E-state index contributed by atoms with van der Waals surface area (Å²) in [6.45, 7) is 14.5. The number of phenols is 1. The van der Waals surface area contributed by atoms with Crippen LogP contribution in [0.15, 0.2) is 28.5 Å². The zero-order valence-electron chi connectivity index (χ0n) is 22.9. The van der Waals surface area contributed by atoms with E-state index in [0.717, 1.165) is 0 Å². The topological polar surface area (TPSA) is 68.8 Å². The van der Waals surface area contributed by atoms with Gasteiger partial charge in [-0.05, 0) is 35.8 Å². The smallest absolute Gasteiger partial charge is 0.293 e. The van der Waals surface area contributed by atoms with E-state index in [-0.39, 0.29) is 47.4 Å². The van der Waals surface area contributed by atoms with Gasteiger partial charge >= 0.3 is 0 Å². The van der Waals surface area contributed by atoms with E-state index in [2.05, 4.69) is 20.2 Å². The molecule has 0 spiro atoms. The van der Waals surface area contributed by atoms with Crippen molar-refractivity contribution in [1.29, 1.82) is 0 Å². The van der Waals surface area contributed by atoms with Crippen molar-refractivity contribution in [1.82, 2.24) is 9.13 Å². The summed E-state index contributed by atoms with van der Waals surface area (Å²) in [4.78, 5) is 13.4. The maximum absolute atomic E-state index is 15.3. The zero-order valence-corrected chi connectivity index (χ0v) is 24.5. The Morgan fingerprint density at radius 3 is 1.86 bits per heavy atom.